The van der Waals surface area contributed by atoms with E-state index in [1.165, 1.54) is 18.3 Å². The number of nitro benzene ring substituents is 1. The van der Waals surface area contributed by atoms with Crippen LogP contribution in [-0.4, -0.2) is 33.3 Å². The number of fused-ring (bicyclic) bond motifs is 2. The van der Waals surface area contributed by atoms with Crippen LogP contribution in [-0.2, 0) is 4.79 Å². The number of anilines is 1. The van der Waals surface area contributed by atoms with E-state index in [0.29, 0.717) is 32.6 Å². The molecule has 0 unspecified atom stereocenters. The number of halogens is 2. The summed E-state index contributed by atoms with van der Waals surface area (Å²) in [7, 11) is 0. The van der Waals surface area contributed by atoms with Crippen molar-refractivity contribution < 1.29 is 18.9 Å². The number of nitrogens with one attached hydrogen (secondary N) is 1. The van der Waals surface area contributed by atoms with Crippen molar-refractivity contribution in [3.05, 3.63) is 127 Å². The molecular weight excluding hydrogens is 621 g/mol. The minimum atomic E-state index is -0.689. The first-order valence-corrected chi connectivity index (χ1v) is 14.1. The second-order valence-corrected chi connectivity index (χ2v) is 10.8. The summed E-state index contributed by atoms with van der Waals surface area (Å²) in [5.41, 5.74) is 1.71. The average Bonchev–Trinajstić information content (AvgIpc) is 3.44. The van der Waals surface area contributed by atoms with Crippen molar-refractivity contribution in [1.29, 1.82) is 0 Å². The third-order valence-corrected chi connectivity index (χ3v) is 7.22. The molecule has 0 spiro atoms. The molecule has 0 radical (unpaired) electrons. The fourth-order valence-corrected chi connectivity index (χ4v) is 5.02. The maximum Gasteiger partial charge on any atom is 0.313 e. The maximum absolute atomic E-state index is 13.6. The molecule has 6 rings (SSSR count). The molecule has 0 bridgehead atoms. The summed E-state index contributed by atoms with van der Waals surface area (Å²) < 4.78 is 12.5. The zero-order valence-corrected chi connectivity index (χ0v) is 24.9. The zero-order valence-electron chi connectivity index (χ0n) is 23.4. The van der Waals surface area contributed by atoms with Crippen LogP contribution in [0.4, 0.5) is 11.4 Å². The summed E-state index contributed by atoms with van der Waals surface area (Å²) >= 11 is 12.5. The Kier molecular flexibility index (Phi) is 8.03. The Balaban J connectivity index is 1.34. The van der Waals surface area contributed by atoms with Gasteiger partial charge in [-0.15, -0.1) is 0 Å². The molecule has 13 heteroatoms. The lowest BCUT2D eigenvalue weighted by atomic mass is 10.2. The Labute approximate surface area is 264 Å². The Bertz CT molecular complexity index is 2210. The molecule has 0 saturated heterocycles. The molecular formula is C32H21Cl2N5O6. The Morgan fingerprint density at radius 3 is 2.64 bits per heavy atom. The summed E-state index contributed by atoms with van der Waals surface area (Å²) in [6.45, 7) is 1.39. The SMILES string of the molecule is Cc1ccc(NC(=O)COc2c(Cl)cc(C=Nn3c(-c4cc5cc(Cl)ccc5o4)nc4ccccc4c3=O)cc2[N+](=O)[O-])cc1. The van der Waals surface area contributed by atoms with Gasteiger partial charge in [0.1, 0.15) is 5.58 Å². The molecule has 0 aliphatic carbocycles. The van der Waals surface area contributed by atoms with Crippen molar-refractivity contribution in [1.82, 2.24) is 9.66 Å². The molecule has 1 N–H and O–H groups in total. The summed E-state index contributed by atoms with van der Waals surface area (Å²) in [6.07, 6.45) is 1.23. The van der Waals surface area contributed by atoms with Crippen LogP contribution in [0.5, 0.6) is 5.75 Å². The predicted octanol–water partition coefficient (Wildman–Crippen LogP) is 7.23. The lowest BCUT2D eigenvalue weighted by Gasteiger charge is -2.10. The fourth-order valence-electron chi connectivity index (χ4n) is 4.56. The third-order valence-electron chi connectivity index (χ3n) is 6.70. The van der Waals surface area contributed by atoms with Crippen LogP contribution in [0.15, 0.2) is 99.2 Å². The Morgan fingerprint density at radius 2 is 1.87 bits per heavy atom. The Hall–Kier alpha value is -5.52. The largest absolute Gasteiger partial charge is 0.476 e. The number of aromatic nitrogens is 2. The first kappa shape index (κ1) is 29.5. The summed E-state index contributed by atoms with van der Waals surface area (Å²) in [6, 6.07) is 23.2. The van der Waals surface area contributed by atoms with Crippen LogP contribution < -0.4 is 15.6 Å². The van der Waals surface area contributed by atoms with Gasteiger partial charge in [0.05, 0.1) is 27.1 Å². The molecule has 0 aliphatic rings. The van der Waals surface area contributed by atoms with Gasteiger partial charge in [-0.05, 0) is 61.5 Å². The van der Waals surface area contributed by atoms with Gasteiger partial charge in [-0.25, -0.2) is 4.98 Å². The van der Waals surface area contributed by atoms with E-state index in [9.17, 15) is 19.7 Å². The van der Waals surface area contributed by atoms with E-state index in [2.05, 4.69) is 15.4 Å². The third kappa shape index (κ3) is 6.26. The van der Waals surface area contributed by atoms with Gasteiger partial charge in [-0.3, -0.25) is 19.7 Å². The van der Waals surface area contributed by atoms with E-state index in [-0.39, 0.29) is 27.9 Å². The van der Waals surface area contributed by atoms with Gasteiger partial charge in [-0.1, -0.05) is 53.0 Å². The summed E-state index contributed by atoms with van der Waals surface area (Å²) in [4.78, 5) is 41.9. The molecule has 0 aliphatic heterocycles. The first-order valence-electron chi connectivity index (χ1n) is 13.4. The highest BCUT2D eigenvalue weighted by Crippen LogP contribution is 2.36. The molecule has 224 valence electrons. The number of benzene rings is 4. The number of hydrogen-bond acceptors (Lipinski definition) is 8. The van der Waals surface area contributed by atoms with Crippen LogP contribution in [0.25, 0.3) is 33.5 Å². The van der Waals surface area contributed by atoms with E-state index in [1.54, 1.807) is 60.7 Å². The van der Waals surface area contributed by atoms with Crippen molar-refractivity contribution in [3.8, 4) is 17.3 Å². The molecule has 2 heterocycles. The van der Waals surface area contributed by atoms with Crippen LogP contribution in [0.1, 0.15) is 11.1 Å². The van der Waals surface area contributed by atoms with Crippen molar-refractivity contribution in [2.24, 2.45) is 5.10 Å². The van der Waals surface area contributed by atoms with E-state index in [0.717, 1.165) is 10.2 Å². The van der Waals surface area contributed by atoms with Crippen molar-refractivity contribution in [3.63, 3.8) is 0 Å². The molecule has 0 saturated carbocycles. The number of amides is 1. The van der Waals surface area contributed by atoms with Crippen LogP contribution in [0, 0.1) is 17.0 Å². The van der Waals surface area contributed by atoms with Crippen molar-refractivity contribution >= 4 is 68.6 Å². The number of furan rings is 1. The van der Waals surface area contributed by atoms with E-state index >= 15 is 0 Å². The van der Waals surface area contributed by atoms with Gasteiger partial charge < -0.3 is 14.5 Å². The molecule has 45 heavy (non-hydrogen) atoms. The maximum atomic E-state index is 13.6. The molecule has 0 fully saturated rings. The lowest BCUT2D eigenvalue weighted by molar-refractivity contribution is -0.385. The quantitative estimate of drug-likeness (QED) is 0.105. The fraction of sp³-hybridized carbons (Fsp3) is 0.0625. The highest BCUT2D eigenvalue weighted by molar-refractivity contribution is 6.32. The first-order chi connectivity index (χ1) is 21.7. The molecule has 2 aromatic heterocycles. The normalized spacial score (nSPS) is 11.4. The van der Waals surface area contributed by atoms with Gasteiger partial charge >= 0.3 is 5.69 Å². The molecule has 1 amide bonds. The average molecular weight is 642 g/mol. The van der Waals surface area contributed by atoms with Crippen LogP contribution in [0.2, 0.25) is 10.0 Å². The number of ether oxygens (including phenoxy) is 1. The zero-order chi connectivity index (χ0) is 31.7. The molecule has 11 nitrogen and oxygen atoms in total. The minimum Gasteiger partial charge on any atom is -0.476 e. The Morgan fingerprint density at radius 1 is 1.09 bits per heavy atom. The van der Waals surface area contributed by atoms with Gasteiger partial charge in [0.15, 0.2) is 12.4 Å². The molecule has 4 aromatic carbocycles. The smallest absolute Gasteiger partial charge is 0.313 e. The number of para-hydroxylation sites is 1. The number of nitrogens with zero attached hydrogens (tertiary/aromatic N) is 4. The van der Waals surface area contributed by atoms with Gasteiger partial charge in [0.2, 0.25) is 11.6 Å². The second-order valence-electron chi connectivity index (χ2n) is 9.92. The van der Waals surface area contributed by atoms with Crippen LogP contribution >= 0.6 is 23.2 Å². The summed E-state index contributed by atoms with van der Waals surface area (Å²) in [5, 5.41) is 20.3. The van der Waals surface area contributed by atoms with Gasteiger partial charge in [-0.2, -0.15) is 9.78 Å². The highest BCUT2D eigenvalue weighted by Gasteiger charge is 2.22. The number of carbonyl (C=O) groups excluding carboxylic acids is 1. The number of aryl methyl sites for hydroxylation is 1. The standard InChI is InChI=1S/C32H21Cl2N5O6/c1-18-6-9-22(10-7-18)36-29(40)17-44-30-24(34)12-19(13-26(30)39(42)43)16-35-38-31(37-25-5-3-2-4-23(25)32(38)41)28-15-20-14-21(33)8-11-27(20)45-28/h2-16H,17H2,1H3,(H,36,40). The highest BCUT2D eigenvalue weighted by atomic mass is 35.5. The monoisotopic (exact) mass is 641 g/mol. The van der Waals surface area contributed by atoms with Gasteiger partial charge in [0, 0.05) is 27.7 Å². The van der Waals surface area contributed by atoms with E-state index in [1.807, 2.05) is 19.1 Å². The van der Waals surface area contributed by atoms with Crippen molar-refractivity contribution in [2.45, 2.75) is 6.92 Å². The number of rotatable bonds is 8. The lowest BCUT2D eigenvalue weighted by Crippen LogP contribution is -2.20. The predicted molar refractivity (Wildman–Crippen MR) is 173 cm³/mol. The second kappa shape index (κ2) is 12.2. The molecule has 6 aromatic rings. The van der Waals surface area contributed by atoms with Crippen LogP contribution in [0.3, 0.4) is 0 Å². The minimum absolute atomic E-state index is 0.0995. The summed E-state index contributed by atoms with van der Waals surface area (Å²) in [5.74, 6) is -0.464. The number of hydrogen-bond donors (Lipinski definition) is 1. The van der Waals surface area contributed by atoms with E-state index in [4.69, 9.17) is 32.4 Å². The number of nitro groups is 1. The topological polar surface area (TPSA) is 142 Å². The van der Waals surface area contributed by atoms with E-state index < -0.39 is 28.7 Å². The van der Waals surface area contributed by atoms with Gasteiger partial charge in [0.25, 0.3) is 11.5 Å². The molecule has 0 atom stereocenters. The van der Waals surface area contributed by atoms with Crippen molar-refractivity contribution in [2.75, 3.05) is 11.9 Å². The number of carbonyl (C=O) groups is 1.